The van der Waals surface area contributed by atoms with Crippen LogP contribution in [-0.4, -0.2) is 19.1 Å². The largest absolute Gasteiger partial charge is 0.327 e. The molecule has 0 unspecified atom stereocenters. The third-order valence-electron chi connectivity index (χ3n) is 10.3. The van der Waals surface area contributed by atoms with Gasteiger partial charge in [0.2, 0.25) is 0 Å². The molecule has 250 valence electrons. The number of imidazole rings is 2. The summed E-state index contributed by atoms with van der Waals surface area (Å²) in [5.41, 5.74) is 17.5. The molecular weight excluding hydrogens is 633 g/mol. The summed E-state index contributed by atoms with van der Waals surface area (Å²) in [7, 11) is 2.09. The molecule has 0 amide bonds. The Kier molecular flexibility index (Phi) is 7.85. The molecule has 0 N–H and O–H groups in total. The Bertz CT molecular complexity index is 2710. The minimum atomic E-state index is 0.939. The first kappa shape index (κ1) is 31.5. The topological polar surface area (TPSA) is 35.6 Å². The zero-order valence-electron chi connectivity index (χ0n) is 29.6. The van der Waals surface area contributed by atoms with Gasteiger partial charge in [-0.2, -0.15) is 0 Å². The van der Waals surface area contributed by atoms with E-state index in [0.29, 0.717) is 0 Å². The fourth-order valence-corrected chi connectivity index (χ4v) is 7.49. The van der Waals surface area contributed by atoms with Gasteiger partial charge in [-0.15, -0.1) is 0 Å². The number of nitrogens with zero attached hydrogens (tertiary/aromatic N) is 4. The van der Waals surface area contributed by atoms with Gasteiger partial charge in [0.05, 0.1) is 22.1 Å². The summed E-state index contributed by atoms with van der Waals surface area (Å²) in [6, 6.07) is 58.5. The van der Waals surface area contributed by atoms with Crippen molar-refractivity contribution in [3.8, 4) is 61.8 Å². The second-order valence-electron chi connectivity index (χ2n) is 13.5. The number of benzene rings is 7. The predicted molar refractivity (Wildman–Crippen MR) is 217 cm³/mol. The van der Waals surface area contributed by atoms with Crippen molar-refractivity contribution in [3.63, 3.8) is 0 Å². The van der Waals surface area contributed by atoms with Crippen molar-refractivity contribution in [2.24, 2.45) is 7.05 Å². The van der Waals surface area contributed by atoms with E-state index in [1.54, 1.807) is 0 Å². The lowest BCUT2D eigenvalue weighted by atomic mass is 9.89. The Labute approximate surface area is 304 Å². The second kappa shape index (κ2) is 13.0. The van der Waals surface area contributed by atoms with E-state index in [2.05, 4.69) is 182 Å². The minimum absolute atomic E-state index is 0.939. The summed E-state index contributed by atoms with van der Waals surface area (Å²) in [5.74, 6) is 1.92. The Hall–Kier alpha value is -6.52. The summed E-state index contributed by atoms with van der Waals surface area (Å²) in [6.45, 7) is 4.46. The molecule has 0 aliphatic rings. The van der Waals surface area contributed by atoms with E-state index in [-0.39, 0.29) is 0 Å². The highest BCUT2D eigenvalue weighted by Crippen LogP contribution is 2.37. The maximum atomic E-state index is 5.07. The van der Waals surface area contributed by atoms with Crippen LogP contribution in [-0.2, 0) is 13.5 Å². The van der Waals surface area contributed by atoms with Crippen molar-refractivity contribution in [2.75, 3.05) is 0 Å². The van der Waals surface area contributed by atoms with E-state index < -0.39 is 0 Å². The number of rotatable bonds is 7. The van der Waals surface area contributed by atoms with Gasteiger partial charge >= 0.3 is 0 Å². The fraction of sp³-hybridized carbons (Fsp3) is 0.0833. The molecule has 0 saturated carbocycles. The maximum Gasteiger partial charge on any atom is 0.145 e. The van der Waals surface area contributed by atoms with Crippen LogP contribution in [0.1, 0.15) is 18.1 Å². The molecule has 4 nitrogen and oxygen atoms in total. The molecule has 0 bridgehead atoms. The molecular formula is C48H38N4. The van der Waals surface area contributed by atoms with Crippen molar-refractivity contribution < 1.29 is 0 Å². The SMILES string of the molecule is CCc1ccc(-c2ccc(-c3nc4ccccc4n3C)cc2)cc1-c1cc(-c2ccc(-c3nc4ccccc4n3-c3ccccc3)cc2)ccc1C. The molecule has 0 saturated heterocycles. The number of aromatic nitrogens is 4. The third-order valence-corrected chi connectivity index (χ3v) is 10.3. The molecule has 9 aromatic rings. The Morgan fingerprint density at radius 1 is 0.462 bits per heavy atom. The Morgan fingerprint density at radius 3 is 1.62 bits per heavy atom. The maximum absolute atomic E-state index is 5.07. The van der Waals surface area contributed by atoms with Crippen LogP contribution in [0.15, 0.2) is 164 Å². The van der Waals surface area contributed by atoms with Crippen LogP contribution < -0.4 is 0 Å². The smallest absolute Gasteiger partial charge is 0.145 e. The van der Waals surface area contributed by atoms with Crippen LogP contribution in [0.25, 0.3) is 83.9 Å². The van der Waals surface area contributed by atoms with Gasteiger partial charge in [0.1, 0.15) is 11.6 Å². The minimum Gasteiger partial charge on any atom is -0.327 e. The van der Waals surface area contributed by atoms with Gasteiger partial charge in [-0.1, -0.05) is 122 Å². The average molecular weight is 671 g/mol. The molecule has 0 aliphatic carbocycles. The van der Waals surface area contributed by atoms with Gasteiger partial charge in [-0.3, -0.25) is 4.57 Å². The summed E-state index contributed by atoms with van der Waals surface area (Å²) >= 11 is 0. The number of para-hydroxylation sites is 5. The molecule has 0 aliphatic heterocycles. The first-order valence-corrected chi connectivity index (χ1v) is 18.0. The van der Waals surface area contributed by atoms with Crippen LogP contribution in [0, 0.1) is 6.92 Å². The average Bonchev–Trinajstić information content (AvgIpc) is 3.76. The van der Waals surface area contributed by atoms with Gasteiger partial charge in [0.25, 0.3) is 0 Å². The molecule has 0 radical (unpaired) electrons. The van der Waals surface area contributed by atoms with Gasteiger partial charge in [0, 0.05) is 23.9 Å². The van der Waals surface area contributed by atoms with Crippen LogP contribution >= 0.6 is 0 Å². The van der Waals surface area contributed by atoms with E-state index in [1.807, 2.05) is 12.1 Å². The molecule has 52 heavy (non-hydrogen) atoms. The lowest BCUT2D eigenvalue weighted by Gasteiger charge is -2.16. The number of fused-ring (bicyclic) bond motifs is 2. The predicted octanol–water partition coefficient (Wildman–Crippen LogP) is 12.1. The van der Waals surface area contributed by atoms with Crippen LogP contribution in [0.2, 0.25) is 0 Å². The summed E-state index contributed by atoms with van der Waals surface area (Å²) in [5, 5.41) is 0. The first-order valence-electron chi connectivity index (χ1n) is 18.0. The Balaban J connectivity index is 1.05. The van der Waals surface area contributed by atoms with Crippen molar-refractivity contribution in [1.82, 2.24) is 19.1 Å². The lowest BCUT2D eigenvalue weighted by molar-refractivity contribution is 0.959. The van der Waals surface area contributed by atoms with Crippen molar-refractivity contribution in [3.05, 3.63) is 175 Å². The Morgan fingerprint density at radius 2 is 0.962 bits per heavy atom. The molecule has 9 rings (SSSR count). The van der Waals surface area contributed by atoms with Crippen LogP contribution in [0.3, 0.4) is 0 Å². The monoisotopic (exact) mass is 670 g/mol. The highest BCUT2D eigenvalue weighted by atomic mass is 15.1. The third kappa shape index (κ3) is 5.50. The molecule has 0 fully saturated rings. The van der Waals surface area contributed by atoms with E-state index in [4.69, 9.17) is 9.97 Å². The molecule has 4 heteroatoms. The normalized spacial score (nSPS) is 11.4. The van der Waals surface area contributed by atoms with Gasteiger partial charge in [0.15, 0.2) is 0 Å². The second-order valence-corrected chi connectivity index (χ2v) is 13.5. The summed E-state index contributed by atoms with van der Waals surface area (Å²) in [6.07, 6.45) is 0.960. The molecule has 0 atom stereocenters. The van der Waals surface area contributed by atoms with E-state index >= 15 is 0 Å². The zero-order valence-corrected chi connectivity index (χ0v) is 29.6. The highest BCUT2D eigenvalue weighted by molar-refractivity contribution is 5.85. The summed E-state index contributed by atoms with van der Waals surface area (Å²) in [4.78, 5) is 9.98. The van der Waals surface area contributed by atoms with Crippen molar-refractivity contribution >= 4 is 22.1 Å². The fourth-order valence-electron chi connectivity index (χ4n) is 7.49. The van der Waals surface area contributed by atoms with Crippen LogP contribution in [0.5, 0.6) is 0 Å². The standard InChI is InChI=1S/C48H38N4/c1-4-33-20-29-39(35-21-25-36(26-22-35)47-49-43-14-8-10-16-45(43)51(47)3)31-42(33)41-30-38(19-18-32(41)2)34-23-27-37(28-24-34)48-50-44-15-9-11-17-46(44)52(48)40-12-6-5-7-13-40/h5-31H,4H2,1-3H3. The van der Waals surface area contributed by atoms with Gasteiger partial charge in [-0.05, 0) is 106 Å². The zero-order chi connectivity index (χ0) is 35.2. The lowest BCUT2D eigenvalue weighted by Crippen LogP contribution is -1.97. The first-order chi connectivity index (χ1) is 25.6. The number of aryl methyl sites for hydroxylation is 3. The summed E-state index contributed by atoms with van der Waals surface area (Å²) < 4.78 is 4.42. The quantitative estimate of drug-likeness (QED) is 0.169. The van der Waals surface area contributed by atoms with Crippen LogP contribution in [0.4, 0.5) is 0 Å². The number of hydrogen-bond donors (Lipinski definition) is 0. The van der Waals surface area contributed by atoms with E-state index in [1.165, 1.54) is 44.5 Å². The molecule has 0 spiro atoms. The molecule has 7 aromatic carbocycles. The molecule has 2 aromatic heterocycles. The highest BCUT2D eigenvalue weighted by Gasteiger charge is 2.16. The number of hydrogen-bond acceptors (Lipinski definition) is 2. The van der Waals surface area contributed by atoms with Gasteiger partial charge in [-0.25, -0.2) is 9.97 Å². The molecule has 2 heterocycles. The van der Waals surface area contributed by atoms with E-state index in [0.717, 1.165) is 57.0 Å². The van der Waals surface area contributed by atoms with Gasteiger partial charge < -0.3 is 4.57 Å². The van der Waals surface area contributed by atoms with Crippen molar-refractivity contribution in [2.45, 2.75) is 20.3 Å². The van der Waals surface area contributed by atoms with Crippen molar-refractivity contribution in [1.29, 1.82) is 0 Å². The van der Waals surface area contributed by atoms with E-state index in [9.17, 15) is 0 Å².